The molecule has 1 atom stereocenters. The van der Waals surface area contributed by atoms with E-state index in [0.717, 1.165) is 35.4 Å². The fourth-order valence-corrected chi connectivity index (χ4v) is 4.27. The minimum atomic E-state index is -0.651. The normalized spacial score (nSPS) is 12.1. The first kappa shape index (κ1) is 27.4. The maximum atomic E-state index is 10.8. The third-order valence-corrected chi connectivity index (χ3v) is 6.15. The van der Waals surface area contributed by atoms with E-state index in [1.807, 2.05) is 73.8 Å². The van der Waals surface area contributed by atoms with Crippen molar-refractivity contribution in [1.29, 1.82) is 0 Å². The summed E-state index contributed by atoms with van der Waals surface area (Å²) in [6.07, 6.45) is 3.04. The molecule has 0 spiro atoms. The minimum Gasteiger partial charge on any atom is -0.497 e. The second kappa shape index (κ2) is 13.8. The molecule has 0 saturated heterocycles. The Labute approximate surface area is 224 Å². The first-order valence-electron chi connectivity index (χ1n) is 13.0. The molecule has 4 rings (SSSR count). The average molecular weight is 520 g/mol. The van der Waals surface area contributed by atoms with Crippen molar-refractivity contribution in [2.45, 2.75) is 39.0 Å². The number of rotatable bonds is 15. The van der Waals surface area contributed by atoms with Gasteiger partial charge in [0, 0.05) is 38.4 Å². The van der Waals surface area contributed by atoms with Crippen molar-refractivity contribution in [3.05, 3.63) is 84.3 Å². The Balaban J connectivity index is 1.65. The number of aryl methyl sites for hydroxylation is 1. The molecule has 0 bridgehead atoms. The lowest BCUT2D eigenvalue weighted by Gasteiger charge is -2.25. The van der Waals surface area contributed by atoms with E-state index in [2.05, 4.69) is 11.8 Å². The number of hydrogen-bond acceptors (Lipinski definition) is 7. The van der Waals surface area contributed by atoms with E-state index >= 15 is 0 Å². The van der Waals surface area contributed by atoms with Crippen molar-refractivity contribution in [3.63, 3.8) is 0 Å². The van der Waals surface area contributed by atoms with E-state index in [0.29, 0.717) is 43.6 Å². The van der Waals surface area contributed by atoms with E-state index < -0.39 is 6.10 Å². The Morgan fingerprint density at radius 3 is 2.58 bits per heavy atom. The first-order valence-corrected chi connectivity index (χ1v) is 13.0. The number of hydrogen-bond donors (Lipinski definition) is 1. The second-order valence-corrected chi connectivity index (χ2v) is 9.23. The molecule has 0 aliphatic carbocycles. The molecule has 0 radical (unpaired) electrons. The van der Waals surface area contributed by atoms with Crippen LogP contribution in [0.25, 0.3) is 11.3 Å². The summed E-state index contributed by atoms with van der Waals surface area (Å²) < 4.78 is 24.9. The highest BCUT2D eigenvalue weighted by molar-refractivity contribution is 5.65. The van der Waals surface area contributed by atoms with Crippen molar-refractivity contribution in [3.8, 4) is 28.6 Å². The number of unbranched alkanes of at least 4 members (excludes halogenated alkanes) is 1. The molecule has 0 aliphatic rings. The third-order valence-electron chi connectivity index (χ3n) is 6.15. The summed E-state index contributed by atoms with van der Waals surface area (Å²) in [6, 6.07) is 21.3. The molecule has 0 unspecified atom stereocenters. The molecule has 2 aromatic heterocycles. The standard InChI is InChI=1S/C30H37N3O5/c1-4-5-16-36-22-24(34)19-33(20-27-15-10-17-37-27)21-28-29(23-11-7-6-8-12-23)31-32(2)30(28)38-26-14-9-13-25(18-26)35-3/h6-15,17-18,24,34H,4-5,16,19-22H2,1-3H3/t24-/m0/s1. The summed E-state index contributed by atoms with van der Waals surface area (Å²) in [7, 11) is 3.50. The number of aliphatic hydroxyl groups excluding tert-OH is 1. The van der Waals surface area contributed by atoms with Gasteiger partial charge in [-0.3, -0.25) is 4.90 Å². The molecule has 0 aliphatic heterocycles. The van der Waals surface area contributed by atoms with Gasteiger partial charge in [-0.05, 0) is 30.7 Å². The Morgan fingerprint density at radius 2 is 1.84 bits per heavy atom. The number of ether oxygens (including phenoxy) is 3. The Morgan fingerprint density at radius 1 is 1.03 bits per heavy atom. The van der Waals surface area contributed by atoms with Gasteiger partial charge in [0.15, 0.2) is 0 Å². The number of furan rings is 1. The molecule has 0 amide bonds. The number of benzene rings is 2. The molecule has 2 aromatic carbocycles. The summed E-state index contributed by atoms with van der Waals surface area (Å²) in [5, 5.41) is 15.7. The lowest BCUT2D eigenvalue weighted by atomic mass is 10.1. The highest BCUT2D eigenvalue weighted by Crippen LogP contribution is 2.35. The van der Waals surface area contributed by atoms with Gasteiger partial charge < -0.3 is 23.7 Å². The lowest BCUT2D eigenvalue weighted by Crippen LogP contribution is -2.34. The van der Waals surface area contributed by atoms with Gasteiger partial charge in [-0.25, -0.2) is 4.68 Å². The zero-order chi connectivity index (χ0) is 26.7. The maximum Gasteiger partial charge on any atom is 0.222 e. The van der Waals surface area contributed by atoms with Crippen molar-refractivity contribution < 1.29 is 23.7 Å². The summed E-state index contributed by atoms with van der Waals surface area (Å²) in [5.74, 6) is 2.79. The van der Waals surface area contributed by atoms with Crippen LogP contribution in [0.4, 0.5) is 0 Å². The van der Waals surface area contributed by atoms with Crippen LogP contribution >= 0.6 is 0 Å². The van der Waals surface area contributed by atoms with Crippen molar-refractivity contribution in [2.75, 3.05) is 26.9 Å². The van der Waals surface area contributed by atoms with E-state index in [9.17, 15) is 5.11 Å². The fraction of sp³-hybridized carbons (Fsp3) is 0.367. The smallest absolute Gasteiger partial charge is 0.222 e. The van der Waals surface area contributed by atoms with Gasteiger partial charge in [0.1, 0.15) is 23.0 Å². The molecular weight excluding hydrogens is 482 g/mol. The van der Waals surface area contributed by atoms with E-state index in [1.54, 1.807) is 18.1 Å². The Kier molecular flexibility index (Phi) is 9.97. The average Bonchev–Trinajstić information content (AvgIpc) is 3.55. The van der Waals surface area contributed by atoms with Gasteiger partial charge in [0.05, 0.1) is 38.2 Å². The molecular formula is C30H37N3O5. The summed E-state index contributed by atoms with van der Waals surface area (Å²) in [5.41, 5.74) is 2.72. The van der Waals surface area contributed by atoms with Crippen molar-refractivity contribution >= 4 is 0 Å². The van der Waals surface area contributed by atoms with Gasteiger partial charge in [-0.2, -0.15) is 5.10 Å². The Hall–Kier alpha value is -3.59. The molecule has 8 heteroatoms. The van der Waals surface area contributed by atoms with Crippen molar-refractivity contribution in [2.24, 2.45) is 7.05 Å². The largest absolute Gasteiger partial charge is 0.497 e. The summed E-state index contributed by atoms with van der Waals surface area (Å²) in [4.78, 5) is 2.13. The highest BCUT2D eigenvalue weighted by Gasteiger charge is 2.24. The van der Waals surface area contributed by atoms with Crippen molar-refractivity contribution in [1.82, 2.24) is 14.7 Å². The zero-order valence-corrected chi connectivity index (χ0v) is 22.4. The van der Waals surface area contributed by atoms with Crippen LogP contribution in [0.15, 0.2) is 77.4 Å². The topological polar surface area (TPSA) is 82.1 Å². The van der Waals surface area contributed by atoms with Crippen LogP contribution < -0.4 is 9.47 Å². The molecule has 0 fully saturated rings. The molecule has 8 nitrogen and oxygen atoms in total. The number of nitrogens with zero attached hydrogens (tertiary/aromatic N) is 3. The fourth-order valence-electron chi connectivity index (χ4n) is 4.27. The molecule has 4 aromatic rings. The Bertz CT molecular complexity index is 1240. The number of methoxy groups -OCH3 is 1. The number of aliphatic hydroxyl groups is 1. The van der Waals surface area contributed by atoms with E-state index in [1.165, 1.54) is 0 Å². The molecule has 38 heavy (non-hydrogen) atoms. The molecule has 0 saturated carbocycles. The lowest BCUT2D eigenvalue weighted by molar-refractivity contribution is 0.0117. The van der Waals surface area contributed by atoms with Gasteiger partial charge in [-0.1, -0.05) is 49.7 Å². The first-order chi connectivity index (χ1) is 18.6. The van der Waals surface area contributed by atoms with Gasteiger partial charge in [-0.15, -0.1) is 0 Å². The maximum absolute atomic E-state index is 10.8. The SMILES string of the molecule is CCCCOC[C@@H](O)CN(Cc1ccco1)Cc1c(-c2ccccc2)nn(C)c1Oc1cccc(OC)c1. The van der Waals surface area contributed by atoms with Crippen LogP contribution in [-0.4, -0.2) is 52.8 Å². The predicted molar refractivity (Wildman–Crippen MR) is 146 cm³/mol. The number of aromatic nitrogens is 2. The zero-order valence-electron chi connectivity index (χ0n) is 22.4. The molecule has 202 valence electrons. The van der Waals surface area contributed by atoms with Gasteiger partial charge in [0.25, 0.3) is 0 Å². The molecule has 1 N–H and O–H groups in total. The van der Waals surface area contributed by atoms with Crippen LogP contribution in [0, 0.1) is 0 Å². The summed E-state index contributed by atoms with van der Waals surface area (Å²) >= 11 is 0. The van der Waals surface area contributed by atoms with Crippen LogP contribution in [0.2, 0.25) is 0 Å². The summed E-state index contributed by atoms with van der Waals surface area (Å²) in [6.45, 7) is 4.43. The third kappa shape index (κ3) is 7.47. The van der Waals surface area contributed by atoms with Gasteiger partial charge in [0.2, 0.25) is 5.88 Å². The molecule has 2 heterocycles. The van der Waals surface area contributed by atoms with E-state index in [-0.39, 0.29) is 6.61 Å². The predicted octanol–water partition coefficient (Wildman–Crippen LogP) is 5.66. The van der Waals surface area contributed by atoms with Crippen LogP contribution in [0.5, 0.6) is 17.4 Å². The van der Waals surface area contributed by atoms with Crippen LogP contribution in [0.3, 0.4) is 0 Å². The minimum absolute atomic E-state index is 0.278. The van der Waals surface area contributed by atoms with Crippen LogP contribution in [0.1, 0.15) is 31.1 Å². The van der Waals surface area contributed by atoms with E-state index in [4.69, 9.17) is 23.7 Å². The quantitative estimate of drug-likeness (QED) is 0.203. The van der Waals surface area contributed by atoms with Crippen LogP contribution in [-0.2, 0) is 24.9 Å². The highest BCUT2D eigenvalue weighted by atomic mass is 16.5. The second-order valence-electron chi connectivity index (χ2n) is 9.23. The monoisotopic (exact) mass is 519 g/mol. The van der Waals surface area contributed by atoms with Gasteiger partial charge >= 0.3 is 0 Å².